The number of hydrogen-bond acceptors (Lipinski definition) is 5. The third-order valence-electron chi connectivity index (χ3n) is 6.85. The molecule has 0 bridgehead atoms. The van der Waals surface area contributed by atoms with Gasteiger partial charge in [-0.15, -0.1) is 24.0 Å². The third-order valence-corrected chi connectivity index (χ3v) is 6.85. The fraction of sp³-hybridized carbons (Fsp3) is 0.708. The normalized spacial score (nSPS) is 18.9. The Balaban J connectivity index is 0.00000363. The van der Waals surface area contributed by atoms with Gasteiger partial charge < -0.3 is 24.8 Å². The van der Waals surface area contributed by atoms with Gasteiger partial charge in [0.25, 0.3) is 0 Å². The number of nitrogens with zero attached hydrogens (tertiary/aromatic N) is 2. The van der Waals surface area contributed by atoms with Crippen molar-refractivity contribution in [2.75, 3.05) is 48.0 Å². The summed E-state index contributed by atoms with van der Waals surface area (Å²) < 4.78 is 16.5. The summed E-state index contributed by atoms with van der Waals surface area (Å²) in [6.45, 7) is 3.99. The van der Waals surface area contributed by atoms with Gasteiger partial charge in [0.05, 0.1) is 21.3 Å². The van der Waals surface area contributed by atoms with Gasteiger partial charge in [0.1, 0.15) is 0 Å². The zero-order valence-corrected chi connectivity index (χ0v) is 22.5. The van der Waals surface area contributed by atoms with Gasteiger partial charge in [0, 0.05) is 31.2 Å². The lowest BCUT2D eigenvalue weighted by Crippen LogP contribution is -2.59. The van der Waals surface area contributed by atoms with Crippen molar-refractivity contribution in [1.82, 2.24) is 15.5 Å². The summed E-state index contributed by atoms with van der Waals surface area (Å²) in [6.07, 6.45) is 10.6. The molecule has 7 nitrogen and oxygen atoms in total. The van der Waals surface area contributed by atoms with Crippen LogP contribution in [0.5, 0.6) is 17.2 Å². The lowest BCUT2D eigenvalue weighted by atomic mass is 9.79. The van der Waals surface area contributed by atoms with Crippen LogP contribution in [0.25, 0.3) is 0 Å². The smallest absolute Gasteiger partial charge is 0.203 e. The SMILES string of the molecule is CN=C(NCc1ccc(OC)c(OC)c1OC)NCC1(N2CCCCC2)CCCCC1.I. The minimum absolute atomic E-state index is 0. The summed E-state index contributed by atoms with van der Waals surface area (Å²) in [5.41, 5.74) is 1.25. The number of guanidine groups is 1. The van der Waals surface area contributed by atoms with Crippen LogP contribution in [0.15, 0.2) is 17.1 Å². The molecule has 0 unspecified atom stereocenters. The minimum atomic E-state index is 0. The number of benzene rings is 1. The molecule has 8 heteroatoms. The van der Waals surface area contributed by atoms with E-state index in [1.807, 2.05) is 19.2 Å². The first-order chi connectivity index (χ1) is 15.2. The monoisotopic (exact) mass is 560 g/mol. The summed E-state index contributed by atoms with van der Waals surface area (Å²) in [5.74, 6) is 2.77. The van der Waals surface area contributed by atoms with Crippen LogP contribution < -0.4 is 24.8 Å². The lowest BCUT2D eigenvalue weighted by molar-refractivity contribution is 0.0368. The van der Waals surface area contributed by atoms with Crippen LogP contribution >= 0.6 is 24.0 Å². The number of likely N-dealkylation sites (tertiary alicyclic amines) is 1. The molecule has 32 heavy (non-hydrogen) atoms. The maximum atomic E-state index is 5.61. The van der Waals surface area contributed by atoms with E-state index in [1.54, 1.807) is 21.3 Å². The van der Waals surface area contributed by atoms with E-state index in [2.05, 4.69) is 20.5 Å². The van der Waals surface area contributed by atoms with Gasteiger partial charge in [-0.25, -0.2) is 0 Å². The van der Waals surface area contributed by atoms with Gasteiger partial charge in [0.15, 0.2) is 17.5 Å². The second kappa shape index (κ2) is 13.3. The Labute approximate surface area is 210 Å². The number of aliphatic imine (C=N–C) groups is 1. The molecule has 1 saturated carbocycles. The first-order valence-electron chi connectivity index (χ1n) is 11.6. The van der Waals surface area contributed by atoms with Gasteiger partial charge >= 0.3 is 0 Å². The highest BCUT2D eigenvalue weighted by Crippen LogP contribution is 2.39. The van der Waals surface area contributed by atoms with Crippen LogP contribution in [0.4, 0.5) is 0 Å². The van der Waals surface area contributed by atoms with E-state index in [0.29, 0.717) is 23.8 Å². The van der Waals surface area contributed by atoms with E-state index >= 15 is 0 Å². The number of piperidine rings is 1. The summed E-state index contributed by atoms with van der Waals surface area (Å²) in [5, 5.41) is 7.09. The van der Waals surface area contributed by atoms with E-state index < -0.39 is 0 Å². The largest absolute Gasteiger partial charge is 0.493 e. The second-order valence-corrected chi connectivity index (χ2v) is 8.61. The Morgan fingerprint density at radius 2 is 1.56 bits per heavy atom. The van der Waals surface area contributed by atoms with Crippen LogP contribution in [0.1, 0.15) is 56.9 Å². The number of nitrogens with one attached hydrogen (secondary N) is 2. The molecule has 0 radical (unpaired) electrons. The van der Waals surface area contributed by atoms with E-state index in [9.17, 15) is 0 Å². The standard InChI is InChI=1S/C24H40N4O3.HI/c1-25-23(26-17-19-11-12-20(29-2)22(31-4)21(19)30-3)27-18-24(13-7-5-8-14-24)28-15-9-6-10-16-28;/h11-12H,5-10,13-18H2,1-4H3,(H2,25,26,27);1H. The zero-order chi connectivity index (χ0) is 22.1. The Bertz CT molecular complexity index is 732. The van der Waals surface area contributed by atoms with Crippen molar-refractivity contribution in [3.05, 3.63) is 17.7 Å². The molecule has 2 N–H and O–H groups in total. The van der Waals surface area contributed by atoms with Crippen molar-refractivity contribution in [2.24, 2.45) is 4.99 Å². The number of rotatable bonds is 8. The predicted octanol–water partition coefficient (Wildman–Crippen LogP) is 4.18. The summed E-state index contributed by atoms with van der Waals surface area (Å²) in [6, 6.07) is 3.90. The summed E-state index contributed by atoms with van der Waals surface area (Å²) in [4.78, 5) is 7.23. The molecule has 1 aliphatic heterocycles. The molecule has 2 aliphatic rings. The Morgan fingerprint density at radius 3 is 2.16 bits per heavy atom. The quantitative estimate of drug-likeness (QED) is 0.283. The second-order valence-electron chi connectivity index (χ2n) is 8.61. The van der Waals surface area contributed by atoms with Crippen molar-refractivity contribution < 1.29 is 14.2 Å². The highest BCUT2D eigenvalue weighted by Gasteiger charge is 2.38. The van der Waals surface area contributed by atoms with E-state index in [0.717, 1.165) is 18.1 Å². The van der Waals surface area contributed by atoms with Gasteiger partial charge in [-0.05, 0) is 50.9 Å². The molecule has 1 aromatic rings. The molecule has 0 amide bonds. The van der Waals surface area contributed by atoms with E-state index in [4.69, 9.17) is 14.2 Å². The molecular weight excluding hydrogens is 519 g/mol. The Kier molecular flexibility index (Phi) is 11.2. The molecule has 0 aromatic heterocycles. The molecule has 1 heterocycles. The van der Waals surface area contributed by atoms with Crippen molar-refractivity contribution in [3.63, 3.8) is 0 Å². The van der Waals surface area contributed by atoms with Crippen molar-refractivity contribution in [3.8, 4) is 17.2 Å². The molecule has 2 fully saturated rings. The molecule has 1 saturated heterocycles. The van der Waals surface area contributed by atoms with Crippen LogP contribution in [0.3, 0.4) is 0 Å². The average molecular weight is 561 g/mol. The Morgan fingerprint density at radius 1 is 0.906 bits per heavy atom. The van der Waals surface area contributed by atoms with Crippen molar-refractivity contribution in [1.29, 1.82) is 0 Å². The molecule has 0 spiro atoms. The fourth-order valence-corrected chi connectivity index (χ4v) is 5.13. The Hall–Kier alpha value is -1.42. The number of methoxy groups -OCH3 is 3. The molecule has 1 aliphatic carbocycles. The number of halogens is 1. The van der Waals surface area contributed by atoms with Crippen LogP contribution in [-0.4, -0.2) is 64.4 Å². The topological polar surface area (TPSA) is 67.4 Å². The number of ether oxygens (including phenoxy) is 3. The third kappa shape index (κ3) is 6.34. The zero-order valence-electron chi connectivity index (χ0n) is 20.2. The number of hydrogen-bond donors (Lipinski definition) is 2. The fourth-order valence-electron chi connectivity index (χ4n) is 5.13. The summed E-state index contributed by atoms with van der Waals surface area (Å²) >= 11 is 0. The van der Waals surface area contributed by atoms with Gasteiger partial charge in [0.2, 0.25) is 5.75 Å². The minimum Gasteiger partial charge on any atom is -0.493 e. The lowest BCUT2D eigenvalue weighted by Gasteiger charge is -2.48. The molecule has 0 atom stereocenters. The molecule has 3 rings (SSSR count). The van der Waals surface area contributed by atoms with Crippen LogP contribution in [0, 0.1) is 0 Å². The van der Waals surface area contributed by atoms with Crippen molar-refractivity contribution in [2.45, 2.75) is 63.5 Å². The highest BCUT2D eigenvalue weighted by molar-refractivity contribution is 14.0. The van der Waals surface area contributed by atoms with Gasteiger partial charge in [-0.3, -0.25) is 9.89 Å². The first kappa shape index (κ1) is 26.8. The molecule has 1 aromatic carbocycles. The van der Waals surface area contributed by atoms with Crippen molar-refractivity contribution >= 4 is 29.9 Å². The predicted molar refractivity (Wildman–Crippen MR) is 141 cm³/mol. The highest BCUT2D eigenvalue weighted by atomic mass is 127. The summed E-state index contributed by atoms with van der Waals surface area (Å²) in [7, 11) is 6.74. The van der Waals surface area contributed by atoms with Gasteiger partial charge in [-0.1, -0.05) is 25.7 Å². The van der Waals surface area contributed by atoms with E-state index in [1.165, 1.54) is 64.5 Å². The van der Waals surface area contributed by atoms with Crippen LogP contribution in [-0.2, 0) is 6.54 Å². The van der Waals surface area contributed by atoms with E-state index in [-0.39, 0.29) is 29.5 Å². The van der Waals surface area contributed by atoms with Gasteiger partial charge in [-0.2, -0.15) is 0 Å². The van der Waals surface area contributed by atoms with Crippen LogP contribution in [0.2, 0.25) is 0 Å². The average Bonchev–Trinajstić information content (AvgIpc) is 2.84. The molecular formula is C24H41IN4O3. The maximum absolute atomic E-state index is 5.61. The maximum Gasteiger partial charge on any atom is 0.203 e. The first-order valence-corrected chi connectivity index (χ1v) is 11.6. The molecule has 182 valence electrons.